The van der Waals surface area contributed by atoms with E-state index in [1.807, 2.05) is 12.1 Å². The molecule has 0 spiro atoms. The summed E-state index contributed by atoms with van der Waals surface area (Å²) in [7, 11) is 0. The summed E-state index contributed by atoms with van der Waals surface area (Å²) in [6, 6.07) is 13.4. The van der Waals surface area contributed by atoms with Crippen LogP contribution in [0, 0.1) is 17.7 Å². The van der Waals surface area contributed by atoms with Crippen molar-refractivity contribution in [2.75, 3.05) is 5.32 Å². The summed E-state index contributed by atoms with van der Waals surface area (Å²) in [5.41, 5.74) is 2.23. The van der Waals surface area contributed by atoms with Crippen molar-refractivity contribution in [2.24, 2.45) is 0 Å². The fourth-order valence-electron chi connectivity index (χ4n) is 3.51. The minimum absolute atomic E-state index is 0.0389. The Labute approximate surface area is 204 Å². The highest BCUT2D eigenvalue weighted by molar-refractivity contribution is 7.20. The van der Waals surface area contributed by atoms with E-state index in [9.17, 15) is 9.18 Å². The topological polar surface area (TPSA) is 76.1 Å². The van der Waals surface area contributed by atoms with Crippen molar-refractivity contribution in [1.29, 1.82) is 0 Å². The highest BCUT2D eigenvalue weighted by Crippen LogP contribution is 2.33. The van der Waals surface area contributed by atoms with E-state index in [1.165, 1.54) is 29.8 Å². The zero-order chi connectivity index (χ0) is 23.5. The lowest BCUT2D eigenvalue weighted by atomic mass is 10.2. The lowest BCUT2D eigenvalue weighted by molar-refractivity contribution is -0.119. The summed E-state index contributed by atoms with van der Waals surface area (Å²) in [5, 5.41) is 6.54. The third-order valence-electron chi connectivity index (χ3n) is 5.15. The smallest absolute Gasteiger partial charge is 0.221 e. The number of hydrogen-bond acceptors (Lipinski definition) is 6. The standard InChI is InChI=1S/C25H18ClFN4O2S/c26-20-11-18(5-8-22(20)33-13-15-2-1-3-16(27)10-15)31-25-24-21(28-14-29-25)12-19(34-24)7-4-17-6-9-23(32)30-17/h1-3,5,8,10-12,14,17H,6,9,13H2,(H,30,32)(H,28,29,31)/t17-/m0/s1. The number of carbonyl (C=O) groups is 1. The van der Waals surface area contributed by atoms with Crippen LogP contribution in [-0.4, -0.2) is 21.9 Å². The normalized spacial score (nSPS) is 15.0. The molecule has 1 atom stereocenters. The van der Waals surface area contributed by atoms with Crippen LogP contribution in [0.4, 0.5) is 15.9 Å². The van der Waals surface area contributed by atoms with Gasteiger partial charge in [0.05, 0.1) is 26.2 Å². The van der Waals surface area contributed by atoms with E-state index in [2.05, 4.69) is 32.4 Å². The number of nitrogens with zero attached hydrogens (tertiary/aromatic N) is 2. The van der Waals surface area contributed by atoms with Crippen molar-refractivity contribution >= 4 is 50.6 Å². The third-order valence-corrected chi connectivity index (χ3v) is 6.50. The van der Waals surface area contributed by atoms with Crippen LogP contribution in [0.5, 0.6) is 5.75 Å². The summed E-state index contributed by atoms with van der Waals surface area (Å²) in [5.74, 6) is 7.11. The van der Waals surface area contributed by atoms with E-state index >= 15 is 0 Å². The molecule has 0 radical (unpaired) electrons. The molecule has 1 fully saturated rings. The van der Waals surface area contributed by atoms with Gasteiger partial charge in [-0.1, -0.05) is 35.6 Å². The molecule has 170 valence electrons. The number of nitrogens with one attached hydrogen (secondary N) is 2. The number of hydrogen-bond donors (Lipinski definition) is 2. The van der Waals surface area contributed by atoms with Gasteiger partial charge in [-0.15, -0.1) is 11.3 Å². The molecule has 1 amide bonds. The largest absolute Gasteiger partial charge is 0.487 e. The van der Waals surface area contributed by atoms with Crippen LogP contribution in [0.3, 0.4) is 0 Å². The molecule has 2 aromatic carbocycles. The van der Waals surface area contributed by atoms with E-state index in [1.54, 1.807) is 24.3 Å². The van der Waals surface area contributed by atoms with E-state index in [0.717, 1.165) is 27.2 Å². The van der Waals surface area contributed by atoms with Crippen molar-refractivity contribution in [3.8, 4) is 17.6 Å². The minimum atomic E-state index is -0.309. The maximum Gasteiger partial charge on any atom is 0.221 e. The number of fused-ring (bicyclic) bond motifs is 1. The van der Waals surface area contributed by atoms with Crippen LogP contribution in [0.1, 0.15) is 23.3 Å². The monoisotopic (exact) mass is 492 g/mol. The number of thiophene rings is 1. The second-order valence-electron chi connectivity index (χ2n) is 7.66. The summed E-state index contributed by atoms with van der Waals surface area (Å²) in [6.07, 6.45) is 2.73. The molecular weight excluding hydrogens is 475 g/mol. The average molecular weight is 493 g/mol. The van der Waals surface area contributed by atoms with E-state index in [-0.39, 0.29) is 24.4 Å². The molecule has 1 aliphatic rings. The van der Waals surface area contributed by atoms with Gasteiger partial charge in [-0.2, -0.15) is 0 Å². The first-order valence-electron chi connectivity index (χ1n) is 10.5. The number of anilines is 2. The molecule has 6 nitrogen and oxygen atoms in total. The van der Waals surface area contributed by atoms with Crippen LogP contribution in [-0.2, 0) is 11.4 Å². The van der Waals surface area contributed by atoms with Crippen LogP contribution in [0.25, 0.3) is 10.2 Å². The van der Waals surface area contributed by atoms with Gasteiger partial charge in [-0.25, -0.2) is 14.4 Å². The van der Waals surface area contributed by atoms with Gasteiger partial charge in [0.15, 0.2) is 5.82 Å². The van der Waals surface area contributed by atoms with E-state index in [4.69, 9.17) is 16.3 Å². The highest BCUT2D eigenvalue weighted by Gasteiger charge is 2.18. The molecule has 0 unspecified atom stereocenters. The summed E-state index contributed by atoms with van der Waals surface area (Å²) in [4.78, 5) is 20.9. The second kappa shape index (κ2) is 9.67. The van der Waals surface area contributed by atoms with Gasteiger partial charge in [-0.05, 0) is 48.4 Å². The van der Waals surface area contributed by atoms with Crippen LogP contribution < -0.4 is 15.4 Å². The maximum atomic E-state index is 13.4. The number of rotatable bonds is 5. The first-order valence-corrected chi connectivity index (χ1v) is 11.7. The molecule has 2 N–H and O–H groups in total. The van der Waals surface area contributed by atoms with Gasteiger partial charge in [0.2, 0.25) is 5.91 Å². The zero-order valence-corrected chi connectivity index (χ0v) is 19.3. The lowest BCUT2D eigenvalue weighted by Gasteiger charge is -2.11. The molecule has 3 heterocycles. The minimum Gasteiger partial charge on any atom is -0.487 e. The average Bonchev–Trinajstić information content (AvgIpc) is 3.43. The van der Waals surface area contributed by atoms with Crippen molar-refractivity contribution in [3.05, 3.63) is 76.1 Å². The van der Waals surface area contributed by atoms with Gasteiger partial charge in [-0.3, -0.25) is 4.79 Å². The van der Waals surface area contributed by atoms with Crippen LogP contribution >= 0.6 is 22.9 Å². The number of ether oxygens (including phenoxy) is 1. The number of amides is 1. The van der Waals surface area contributed by atoms with Crippen LogP contribution in [0.2, 0.25) is 5.02 Å². The molecule has 34 heavy (non-hydrogen) atoms. The Balaban J connectivity index is 1.30. The maximum absolute atomic E-state index is 13.4. The zero-order valence-electron chi connectivity index (χ0n) is 17.8. The van der Waals surface area contributed by atoms with Gasteiger partial charge >= 0.3 is 0 Å². The van der Waals surface area contributed by atoms with Crippen molar-refractivity contribution in [2.45, 2.75) is 25.5 Å². The Morgan fingerprint density at radius 2 is 2.15 bits per heavy atom. The van der Waals surface area contributed by atoms with E-state index < -0.39 is 0 Å². The molecule has 9 heteroatoms. The Hall–Kier alpha value is -3.67. The number of halogens is 2. The summed E-state index contributed by atoms with van der Waals surface area (Å²) < 4.78 is 20.0. The fourth-order valence-corrected chi connectivity index (χ4v) is 4.66. The predicted octanol–water partition coefficient (Wildman–Crippen LogP) is 5.44. The molecule has 1 aliphatic heterocycles. The van der Waals surface area contributed by atoms with Gasteiger partial charge in [0, 0.05) is 12.1 Å². The number of aromatic nitrogens is 2. The molecule has 4 aromatic rings. The first-order chi connectivity index (χ1) is 16.5. The molecule has 0 aliphatic carbocycles. The first kappa shape index (κ1) is 22.1. The SMILES string of the molecule is O=C1CC[C@H](C#Cc2cc3ncnc(Nc4ccc(OCc5cccc(F)c5)c(Cl)c4)c3s2)N1. The molecule has 5 rings (SSSR count). The van der Waals surface area contributed by atoms with Crippen molar-refractivity contribution in [1.82, 2.24) is 15.3 Å². The Bertz CT molecular complexity index is 1450. The highest BCUT2D eigenvalue weighted by atomic mass is 35.5. The molecule has 1 saturated heterocycles. The van der Waals surface area contributed by atoms with E-state index in [0.29, 0.717) is 28.6 Å². The molecule has 2 aromatic heterocycles. The van der Waals surface area contributed by atoms with Crippen molar-refractivity contribution in [3.63, 3.8) is 0 Å². The molecule has 0 bridgehead atoms. The van der Waals surface area contributed by atoms with Gasteiger partial charge < -0.3 is 15.4 Å². The third kappa shape index (κ3) is 5.11. The van der Waals surface area contributed by atoms with Crippen LogP contribution in [0.15, 0.2) is 54.9 Å². The Kier molecular flexibility index (Phi) is 6.30. The summed E-state index contributed by atoms with van der Waals surface area (Å²) >= 11 is 7.89. The fraction of sp³-hybridized carbons (Fsp3) is 0.160. The summed E-state index contributed by atoms with van der Waals surface area (Å²) in [6.45, 7) is 0.209. The second-order valence-corrected chi connectivity index (χ2v) is 9.12. The van der Waals surface area contributed by atoms with Gasteiger partial charge in [0.25, 0.3) is 0 Å². The Morgan fingerprint density at radius 3 is 2.94 bits per heavy atom. The lowest BCUT2D eigenvalue weighted by Crippen LogP contribution is -2.23. The van der Waals surface area contributed by atoms with Gasteiger partial charge in [0.1, 0.15) is 24.5 Å². The Morgan fingerprint density at radius 1 is 1.24 bits per heavy atom. The molecule has 0 saturated carbocycles. The molecular formula is C25H18ClFN4O2S. The quantitative estimate of drug-likeness (QED) is 0.363. The van der Waals surface area contributed by atoms with Crippen molar-refractivity contribution < 1.29 is 13.9 Å². The number of benzene rings is 2. The predicted molar refractivity (Wildman–Crippen MR) is 131 cm³/mol. The number of carbonyl (C=O) groups excluding carboxylic acids is 1.